The molecule has 0 radical (unpaired) electrons. The summed E-state index contributed by atoms with van der Waals surface area (Å²) in [6.45, 7) is 1.83. The summed E-state index contributed by atoms with van der Waals surface area (Å²) < 4.78 is 0. The molecular weight excluding hydrogens is 188 g/mol. The summed E-state index contributed by atoms with van der Waals surface area (Å²) in [4.78, 5) is 10.5. The van der Waals surface area contributed by atoms with Crippen molar-refractivity contribution in [3.05, 3.63) is 34.9 Å². The van der Waals surface area contributed by atoms with Gasteiger partial charge in [0.15, 0.2) is 0 Å². The first kappa shape index (κ1) is 10.8. The van der Waals surface area contributed by atoms with Gasteiger partial charge in [-0.05, 0) is 24.6 Å². The molecule has 0 atom stereocenters. The minimum atomic E-state index is -0.448. The first-order valence-electron chi connectivity index (χ1n) is 4.42. The van der Waals surface area contributed by atoms with Gasteiger partial charge in [0.05, 0.1) is 18.1 Å². The highest BCUT2D eigenvalue weighted by Gasteiger charge is 1.99. The molecule has 1 aromatic rings. The topological polar surface area (TPSA) is 66.9 Å². The van der Waals surface area contributed by atoms with Gasteiger partial charge in [0.1, 0.15) is 0 Å². The zero-order valence-corrected chi connectivity index (χ0v) is 8.37. The number of amides is 1. The van der Waals surface area contributed by atoms with Crippen LogP contribution in [-0.2, 0) is 4.79 Å². The summed E-state index contributed by atoms with van der Waals surface area (Å²) in [6, 6.07) is 7.38. The Bertz CT molecular complexity index is 487. The highest BCUT2D eigenvalue weighted by molar-refractivity contribution is 5.76. The molecule has 3 nitrogen and oxygen atoms in total. The number of nitrogens with zero attached hydrogens (tertiary/aromatic N) is 1. The van der Waals surface area contributed by atoms with Crippen LogP contribution in [0.15, 0.2) is 18.2 Å². The quantitative estimate of drug-likeness (QED) is 0.686. The van der Waals surface area contributed by atoms with Crippen molar-refractivity contribution in [3.8, 4) is 17.9 Å². The lowest BCUT2D eigenvalue weighted by Crippen LogP contribution is -2.08. The maximum atomic E-state index is 10.5. The summed E-state index contributed by atoms with van der Waals surface area (Å²) in [5.74, 6) is 5.03. The summed E-state index contributed by atoms with van der Waals surface area (Å²) in [5, 5.41) is 8.78. The standard InChI is InChI=1S/C12H10N2O/c1-9-10(5-3-7-12(14)15)4-2-6-11(9)8-13/h2,4,6H,7H2,1H3,(H2,14,15). The van der Waals surface area contributed by atoms with Crippen LogP contribution in [0.25, 0.3) is 0 Å². The first-order chi connectivity index (χ1) is 7.15. The van der Waals surface area contributed by atoms with Crippen LogP contribution in [0.3, 0.4) is 0 Å². The maximum Gasteiger partial charge on any atom is 0.229 e. The molecule has 3 heteroatoms. The molecule has 74 valence electrons. The van der Waals surface area contributed by atoms with Gasteiger partial charge in [-0.25, -0.2) is 0 Å². The summed E-state index contributed by atoms with van der Waals surface area (Å²) >= 11 is 0. The first-order valence-corrected chi connectivity index (χ1v) is 4.42. The highest BCUT2D eigenvalue weighted by Crippen LogP contribution is 2.11. The van der Waals surface area contributed by atoms with E-state index in [1.54, 1.807) is 12.1 Å². The third-order valence-electron chi connectivity index (χ3n) is 1.94. The molecule has 1 aromatic carbocycles. The van der Waals surface area contributed by atoms with Crippen molar-refractivity contribution < 1.29 is 4.79 Å². The Labute approximate surface area is 88.5 Å². The van der Waals surface area contributed by atoms with Gasteiger partial charge in [0.25, 0.3) is 0 Å². The molecule has 0 saturated heterocycles. The minimum absolute atomic E-state index is 0.0379. The Morgan fingerprint density at radius 3 is 2.73 bits per heavy atom. The van der Waals surface area contributed by atoms with Crippen LogP contribution in [0.4, 0.5) is 0 Å². The SMILES string of the molecule is Cc1c(C#N)cccc1C#CCC(N)=O. The molecule has 15 heavy (non-hydrogen) atoms. The Morgan fingerprint density at radius 1 is 1.47 bits per heavy atom. The number of hydrogen-bond acceptors (Lipinski definition) is 2. The third-order valence-corrected chi connectivity index (χ3v) is 1.94. The monoisotopic (exact) mass is 198 g/mol. The van der Waals surface area contributed by atoms with Crippen LogP contribution in [-0.4, -0.2) is 5.91 Å². The molecule has 0 bridgehead atoms. The fourth-order valence-electron chi connectivity index (χ4n) is 1.12. The fourth-order valence-corrected chi connectivity index (χ4v) is 1.12. The van der Waals surface area contributed by atoms with Gasteiger partial charge in [-0.2, -0.15) is 5.26 Å². The van der Waals surface area contributed by atoms with Crippen LogP contribution < -0.4 is 5.73 Å². The number of carbonyl (C=O) groups is 1. The van der Waals surface area contributed by atoms with E-state index >= 15 is 0 Å². The van der Waals surface area contributed by atoms with Crippen molar-refractivity contribution in [3.63, 3.8) is 0 Å². The van der Waals surface area contributed by atoms with Crippen molar-refractivity contribution in [1.29, 1.82) is 5.26 Å². The highest BCUT2D eigenvalue weighted by atomic mass is 16.1. The van der Waals surface area contributed by atoms with Gasteiger partial charge in [0, 0.05) is 5.56 Å². The number of carbonyl (C=O) groups excluding carboxylic acids is 1. The lowest BCUT2D eigenvalue weighted by molar-refractivity contribution is -0.117. The molecule has 0 aromatic heterocycles. The van der Waals surface area contributed by atoms with E-state index in [9.17, 15) is 4.79 Å². The van der Waals surface area contributed by atoms with Crippen LogP contribution in [0, 0.1) is 30.1 Å². The Balaban J connectivity index is 3.00. The molecule has 0 unspecified atom stereocenters. The average molecular weight is 198 g/mol. The normalized spacial score (nSPS) is 8.53. The zero-order chi connectivity index (χ0) is 11.3. The number of nitrogens with two attached hydrogens (primary N) is 1. The second kappa shape index (κ2) is 4.83. The van der Waals surface area contributed by atoms with E-state index in [1.165, 1.54) is 0 Å². The van der Waals surface area contributed by atoms with Crippen molar-refractivity contribution in [2.45, 2.75) is 13.3 Å². The maximum absolute atomic E-state index is 10.5. The largest absolute Gasteiger partial charge is 0.369 e. The summed E-state index contributed by atoms with van der Waals surface area (Å²) in [5.41, 5.74) is 7.15. The molecule has 0 fully saturated rings. The second-order valence-electron chi connectivity index (χ2n) is 3.03. The predicted octanol–water partition coefficient (Wildman–Crippen LogP) is 1.09. The number of nitriles is 1. The number of rotatable bonds is 1. The molecule has 2 N–H and O–H groups in total. The van der Waals surface area contributed by atoms with Crippen molar-refractivity contribution in [2.24, 2.45) is 5.73 Å². The van der Waals surface area contributed by atoms with Gasteiger partial charge in [-0.15, -0.1) is 0 Å². The lowest BCUT2D eigenvalue weighted by Gasteiger charge is -1.98. The molecule has 0 aliphatic rings. The second-order valence-corrected chi connectivity index (χ2v) is 3.03. The molecule has 0 saturated carbocycles. The van der Waals surface area contributed by atoms with Crippen LogP contribution in [0.5, 0.6) is 0 Å². The van der Waals surface area contributed by atoms with Crippen LogP contribution >= 0.6 is 0 Å². The summed E-state index contributed by atoms with van der Waals surface area (Å²) in [7, 11) is 0. The number of hydrogen-bond donors (Lipinski definition) is 1. The number of primary amides is 1. The van der Waals surface area contributed by atoms with Gasteiger partial charge in [-0.1, -0.05) is 17.9 Å². The minimum Gasteiger partial charge on any atom is -0.369 e. The van der Waals surface area contributed by atoms with Crippen LogP contribution in [0.1, 0.15) is 23.1 Å². The summed E-state index contributed by atoms with van der Waals surface area (Å²) in [6.07, 6.45) is 0.0379. The fraction of sp³-hybridized carbons (Fsp3) is 0.167. The Hall–Kier alpha value is -2.26. The van der Waals surface area contributed by atoms with Gasteiger partial charge in [0.2, 0.25) is 5.91 Å². The van der Waals surface area contributed by atoms with E-state index in [1.807, 2.05) is 13.0 Å². The van der Waals surface area contributed by atoms with E-state index in [0.717, 1.165) is 11.1 Å². The van der Waals surface area contributed by atoms with Gasteiger partial charge < -0.3 is 5.73 Å². The van der Waals surface area contributed by atoms with Crippen LogP contribution in [0.2, 0.25) is 0 Å². The predicted molar refractivity (Wildman–Crippen MR) is 56.6 cm³/mol. The van der Waals surface area contributed by atoms with Crippen molar-refractivity contribution >= 4 is 5.91 Å². The molecule has 0 aliphatic carbocycles. The van der Waals surface area contributed by atoms with Crippen molar-refractivity contribution in [1.82, 2.24) is 0 Å². The molecule has 1 rings (SSSR count). The number of benzene rings is 1. The molecule has 0 heterocycles. The third kappa shape index (κ3) is 2.86. The Kier molecular flexibility index (Phi) is 3.49. The van der Waals surface area contributed by atoms with E-state index in [2.05, 4.69) is 17.9 Å². The zero-order valence-electron chi connectivity index (χ0n) is 8.37. The van der Waals surface area contributed by atoms with Crippen molar-refractivity contribution in [2.75, 3.05) is 0 Å². The van der Waals surface area contributed by atoms with E-state index in [-0.39, 0.29) is 6.42 Å². The smallest absolute Gasteiger partial charge is 0.229 e. The van der Waals surface area contributed by atoms with Gasteiger partial charge >= 0.3 is 0 Å². The van der Waals surface area contributed by atoms with Gasteiger partial charge in [-0.3, -0.25) is 4.79 Å². The lowest BCUT2D eigenvalue weighted by atomic mass is 10.0. The average Bonchev–Trinajstić information content (AvgIpc) is 2.20. The molecule has 0 aliphatic heterocycles. The molecule has 0 spiro atoms. The van der Waals surface area contributed by atoms with E-state index < -0.39 is 5.91 Å². The Morgan fingerprint density at radius 2 is 2.13 bits per heavy atom. The van der Waals surface area contributed by atoms with E-state index in [0.29, 0.717) is 5.56 Å². The molecule has 1 amide bonds. The van der Waals surface area contributed by atoms with E-state index in [4.69, 9.17) is 11.0 Å². The molecular formula is C12H10N2O.